The molecule has 4 aromatic heterocycles. The number of hydrogen-bond donors (Lipinski definition) is 2. The molecule has 0 fully saturated rings. The number of carbonyl (C=O) groups is 1. The van der Waals surface area contributed by atoms with Crippen molar-refractivity contribution in [2.75, 3.05) is 6.54 Å². The highest BCUT2D eigenvalue weighted by atomic mass is 19.3. The maximum atomic E-state index is 14.4. The van der Waals surface area contributed by atoms with Crippen LogP contribution in [0.4, 0.5) is 8.78 Å². The average molecular weight is 491 g/mol. The Balaban J connectivity index is 1.52. The summed E-state index contributed by atoms with van der Waals surface area (Å²) in [6.45, 7) is -0.913. The standard InChI is InChI=1S/C23H19F2N9O2/c24-23(25,19-5-1-2-8-28-19)13-31-20-7-6-16(11-26)18(34(20)36)10-21(35)30-12-17-4-3-9-29-22(17)33-15-27-14-32-33/h1-9,14-15,36H,10,12-13H2,(H,30,35). The predicted octanol–water partition coefficient (Wildman–Crippen LogP) is 1.52. The first-order chi connectivity index (χ1) is 17.4. The number of amides is 1. The highest BCUT2D eigenvalue weighted by Gasteiger charge is 2.32. The maximum Gasteiger partial charge on any atom is 0.308 e. The first kappa shape index (κ1) is 24.1. The predicted molar refractivity (Wildman–Crippen MR) is 120 cm³/mol. The lowest BCUT2D eigenvalue weighted by atomic mass is 10.1. The van der Waals surface area contributed by atoms with Crippen molar-refractivity contribution >= 4 is 5.91 Å². The van der Waals surface area contributed by atoms with Gasteiger partial charge in [0.05, 0.1) is 17.7 Å². The fourth-order valence-electron chi connectivity index (χ4n) is 3.31. The number of aromatic nitrogens is 6. The number of nitrogens with one attached hydrogen (secondary N) is 1. The number of hydrogen-bond acceptors (Lipinski definition) is 8. The molecular formula is C23H19F2N9O2. The summed E-state index contributed by atoms with van der Waals surface area (Å²) in [7, 11) is 0. The SMILES string of the molecule is N#Cc1ccc(=NCC(F)(F)c2ccccn2)n(O)c1CC(=O)NCc1cccnc1-n1cncn1. The van der Waals surface area contributed by atoms with Crippen molar-refractivity contribution in [1.29, 1.82) is 5.26 Å². The third-order valence-electron chi connectivity index (χ3n) is 5.09. The third-order valence-corrected chi connectivity index (χ3v) is 5.09. The molecule has 0 radical (unpaired) electrons. The Labute approximate surface area is 203 Å². The van der Waals surface area contributed by atoms with Gasteiger partial charge in [-0.25, -0.2) is 14.6 Å². The summed E-state index contributed by atoms with van der Waals surface area (Å²) < 4.78 is 30.8. The fraction of sp³-hybridized carbons (Fsp3) is 0.174. The van der Waals surface area contributed by atoms with Gasteiger partial charge in [0.1, 0.15) is 31.0 Å². The van der Waals surface area contributed by atoms with E-state index in [2.05, 4.69) is 30.4 Å². The number of rotatable bonds is 8. The molecule has 1 amide bonds. The van der Waals surface area contributed by atoms with Gasteiger partial charge >= 0.3 is 5.92 Å². The normalized spacial score (nSPS) is 11.8. The number of carbonyl (C=O) groups excluding carboxylic acids is 1. The van der Waals surface area contributed by atoms with Gasteiger partial charge in [-0.15, -0.1) is 0 Å². The molecule has 0 spiro atoms. The van der Waals surface area contributed by atoms with Crippen molar-refractivity contribution in [2.24, 2.45) is 4.99 Å². The smallest absolute Gasteiger partial charge is 0.308 e. The van der Waals surface area contributed by atoms with E-state index in [4.69, 9.17) is 0 Å². The molecule has 0 saturated carbocycles. The minimum atomic E-state index is -3.38. The summed E-state index contributed by atoms with van der Waals surface area (Å²) in [6.07, 6.45) is 5.23. The van der Waals surface area contributed by atoms with Crippen molar-refractivity contribution < 1.29 is 18.8 Å². The number of halogens is 2. The Kier molecular flexibility index (Phi) is 7.05. The van der Waals surface area contributed by atoms with E-state index in [0.717, 1.165) is 0 Å². The molecule has 0 atom stereocenters. The first-order valence-corrected chi connectivity index (χ1v) is 10.6. The van der Waals surface area contributed by atoms with E-state index in [1.165, 1.54) is 53.9 Å². The first-order valence-electron chi connectivity index (χ1n) is 10.6. The molecule has 4 rings (SSSR count). The van der Waals surface area contributed by atoms with E-state index in [1.807, 2.05) is 6.07 Å². The summed E-state index contributed by atoms with van der Waals surface area (Å²) in [6, 6.07) is 12.0. The van der Waals surface area contributed by atoms with Crippen molar-refractivity contribution in [3.63, 3.8) is 0 Å². The number of nitrogens with zero attached hydrogens (tertiary/aromatic N) is 8. The highest BCUT2D eigenvalue weighted by molar-refractivity contribution is 5.78. The zero-order valence-corrected chi connectivity index (χ0v) is 18.7. The van der Waals surface area contributed by atoms with Gasteiger partial charge in [0.2, 0.25) is 5.91 Å². The summed E-state index contributed by atoms with van der Waals surface area (Å²) in [5.41, 5.74) is -0.164. The Morgan fingerprint density at radius 3 is 2.72 bits per heavy atom. The van der Waals surface area contributed by atoms with Crippen LogP contribution < -0.4 is 10.8 Å². The molecular weight excluding hydrogens is 472 g/mol. The van der Waals surface area contributed by atoms with Gasteiger partial charge in [-0.2, -0.15) is 23.9 Å². The molecule has 13 heteroatoms. The van der Waals surface area contributed by atoms with Crippen LogP contribution in [0, 0.1) is 11.3 Å². The molecule has 0 aliphatic heterocycles. The quantitative estimate of drug-likeness (QED) is 0.355. The zero-order valence-electron chi connectivity index (χ0n) is 18.7. The molecule has 0 saturated heterocycles. The van der Waals surface area contributed by atoms with E-state index in [-0.39, 0.29) is 23.3 Å². The van der Waals surface area contributed by atoms with Crippen molar-refractivity contribution in [2.45, 2.75) is 18.9 Å². The van der Waals surface area contributed by atoms with E-state index in [9.17, 15) is 24.0 Å². The Hall–Kier alpha value is -4.99. The number of pyridine rings is 3. The van der Waals surface area contributed by atoms with Crippen LogP contribution in [0.1, 0.15) is 22.5 Å². The molecule has 0 unspecified atom stereocenters. The van der Waals surface area contributed by atoms with Crippen LogP contribution in [0.5, 0.6) is 0 Å². The molecule has 0 bridgehead atoms. The van der Waals surface area contributed by atoms with E-state index in [0.29, 0.717) is 16.1 Å². The average Bonchev–Trinajstić information content (AvgIpc) is 3.43. The Morgan fingerprint density at radius 1 is 1.17 bits per heavy atom. The van der Waals surface area contributed by atoms with Crippen molar-refractivity contribution in [3.05, 3.63) is 95.5 Å². The topological polar surface area (TPSA) is 147 Å². The van der Waals surface area contributed by atoms with Crippen molar-refractivity contribution in [3.8, 4) is 11.9 Å². The molecule has 0 aromatic carbocycles. The Bertz CT molecular complexity index is 1460. The third kappa shape index (κ3) is 5.39. The van der Waals surface area contributed by atoms with E-state index >= 15 is 0 Å². The fourth-order valence-corrected chi connectivity index (χ4v) is 3.31. The second-order valence-electron chi connectivity index (χ2n) is 7.49. The maximum absolute atomic E-state index is 14.4. The lowest BCUT2D eigenvalue weighted by molar-refractivity contribution is -0.120. The van der Waals surface area contributed by atoms with Gasteiger partial charge in [0.15, 0.2) is 11.3 Å². The summed E-state index contributed by atoms with van der Waals surface area (Å²) >= 11 is 0. The molecule has 2 N–H and O–H groups in total. The molecule has 4 heterocycles. The van der Waals surface area contributed by atoms with Gasteiger partial charge in [-0.3, -0.25) is 14.8 Å². The van der Waals surface area contributed by atoms with E-state index in [1.54, 1.807) is 18.3 Å². The molecule has 0 aliphatic carbocycles. The summed E-state index contributed by atoms with van der Waals surface area (Å²) in [4.78, 5) is 28.2. The largest absolute Gasteiger partial charge is 0.427 e. The lowest BCUT2D eigenvalue weighted by Gasteiger charge is -2.14. The second-order valence-corrected chi connectivity index (χ2v) is 7.49. The minimum absolute atomic E-state index is 0.00670. The zero-order chi connectivity index (χ0) is 25.5. The molecule has 0 aliphatic rings. The van der Waals surface area contributed by atoms with Crippen LogP contribution in [0.25, 0.3) is 5.82 Å². The summed E-state index contributed by atoms with van der Waals surface area (Å²) in [5.74, 6) is -3.44. The minimum Gasteiger partial charge on any atom is -0.427 e. The van der Waals surface area contributed by atoms with Gasteiger partial charge in [-0.05, 0) is 30.3 Å². The van der Waals surface area contributed by atoms with Crippen LogP contribution in [0.15, 0.2) is 72.5 Å². The van der Waals surface area contributed by atoms with Crippen LogP contribution in [0.2, 0.25) is 0 Å². The Morgan fingerprint density at radius 2 is 2.00 bits per heavy atom. The number of nitriles is 1. The molecule has 11 nitrogen and oxygen atoms in total. The van der Waals surface area contributed by atoms with E-state index < -0.39 is 30.5 Å². The molecule has 36 heavy (non-hydrogen) atoms. The highest BCUT2D eigenvalue weighted by Crippen LogP contribution is 2.25. The summed E-state index contributed by atoms with van der Waals surface area (Å²) in [5, 5.41) is 26.7. The van der Waals surface area contributed by atoms with Gasteiger partial charge in [-0.1, -0.05) is 12.1 Å². The van der Waals surface area contributed by atoms with Gasteiger partial charge in [0.25, 0.3) is 0 Å². The number of alkyl halides is 2. The van der Waals surface area contributed by atoms with Crippen LogP contribution in [0.3, 0.4) is 0 Å². The lowest BCUT2D eigenvalue weighted by Crippen LogP contribution is -2.31. The monoisotopic (exact) mass is 491 g/mol. The van der Waals surface area contributed by atoms with Crippen LogP contribution >= 0.6 is 0 Å². The molecule has 4 aromatic rings. The van der Waals surface area contributed by atoms with Crippen LogP contribution in [-0.4, -0.2) is 47.1 Å². The van der Waals surface area contributed by atoms with Crippen molar-refractivity contribution in [1.82, 2.24) is 34.8 Å². The van der Waals surface area contributed by atoms with Gasteiger partial charge in [0, 0.05) is 24.5 Å². The molecule has 182 valence electrons. The second kappa shape index (κ2) is 10.5. The van der Waals surface area contributed by atoms with Crippen LogP contribution in [-0.2, 0) is 23.7 Å². The van der Waals surface area contributed by atoms with Gasteiger partial charge < -0.3 is 10.5 Å².